The van der Waals surface area contributed by atoms with Crippen LogP contribution < -0.4 is 4.90 Å². The maximum absolute atomic E-state index is 14.4. The third-order valence-electron chi connectivity index (χ3n) is 8.60. The van der Waals surface area contributed by atoms with E-state index in [4.69, 9.17) is 10.1 Å². The van der Waals surface area contributed by atoms with Crippen LogP contribution in [-0.4, -0.2) is 72.7 Å². The number of carbonyl (C=O) groups is 1. The van der Waals surface area contributed by atoms with Crippen LogP contribution in [0.15, 0.2) is 49.7 Å². The zero-order valence-electron chi connectivity index (χ0n) is 31.4. The van der Waals surface area contributed by atoms with Gasteiger partial charge in [-0.1, -0.05) is 79.2 Å². The van der Waals surface area contributed by atoms with Crippen LogP contribution in [0, 0.1) is 19.8 Å². The van der Waals surface area contributed by atoms with Crippen molar-refractivity contribution in [2.24, 2.45) is 5.92 Å². The van der Waals surface area contributed by atoms with Gasteiger partial charge in [0.2, 0.25) is 5.91 Å². The van der Waals surface area contributed by atoms with Crippen molar-refractivity contribution in [3.8, 4) is 0 Å². The third-order valence-corrected chi connectivity index (χ3v) is 10.0. The van der Waals surface area contributed by atoms with Crippen molar-refractivity contribution in [2.45, 2.75) is 107 Å². The summed E-state index contributed by atoms with van der Waals surface area (Å²) in [6.45, 7) is 27.1. The van der Waals surface area contributed by atoms with Crippen LogP contribution >= 0.6 is 0 Å². The predicted octanol–water partition coefficient (Wildman–Crippen LogP) is 8.45. The summed E-state index contributed by atoms with van der Waals surface area (Å²) in [5.74, 6) is 5.60. The Bertz CT molecular complexity index is 1480. The second-order valence-electron chi connectivity index (χ2n) is 11.4. The summed E-state index contributed by atoms with van der Waals surface area (Å²) in [6, 6.07) is 9.04. The van der Waals surface area contributed by atoms with Gasteiger partial charge in [0, 0.05) is 60.5 Å². The Labute approximate surface area is 287 Å². The van der Waals surface area contributed by atoms with Crippen molar-refractivity contribution >= 4 is 33.0 Å². The molecular weight excluding hydrogens is 605 g/mol. The van der Waals surface area contributed by atoms with Gasteiger partial charge >= 0.3 is 0 Å². The Morgan fingerprint density at radius 3 is 2.23 bits per heavy atom. The molecule has 0 N–H and O–H groups in total. The lowest BCUT2D eigenvalue weighted by Crippen LogP contribution is -2.46. The number of aryl methyl sites for hydroxylation is 2. The molecule has 0 bridgehead atoms. The van der Waals surface area contributed by atoms with Crippen LogP contribution in [0.25, 0.3) is 5.65 Å². The minimum absolute atomic E-state index is 0.0562. The summed E-state index contributed by atoms with van der Waals surface area (Å²) < 4.78 is 16.6. The van der Waals surface area contributed by atoms with E-state index in [1.807, 2.05) is 88.2 Å². The van der Waals surface area contributed by atoms with Crippen molar-refractivity contribution in [3.63, 3.8) is 0 Å². The molecule has 0 spiro atoms. The highest BCUT2D eigenvalue weighted by Crippen LogP contribution is 2.36. The van der Waals surface area contributed by atoms with E-state index in [9.17, 15) is 9.00 Å². The molecule has 8 nitrogen and oxygen atoms in total. The van der Waals surface area contributed by atoms with Crippen molar-refractivity contribution in [1.29, 1.82) is 0 Å². The molecule has 264 valence electrons. The molecule has 1 aromatic carbocycles. The summed E-state index contributed by atoms with van der Waals surface area (Å²) >= 11 is 0. The molecule has 2 saturated heterocycles. The molecule has 2 aliphatic rings. The second kappa shape index (κ2) is 20.3. The molecule has 4 heterocycles. The largest absolute Gasteiger partial charge is 0.356 e. The highest BCUT2D eigenvalue weighted by atomic mass is 32.2. The Morgan fingerprint density at radius 1 is 1.02 bits per heavy atom. The zero-order chi connectivity index (χ0) is 35.9. The van der Waals surface area contributed by atoms with Crippen LogP contribution in [0.2, 0.25) is 0 Å². The summed E-state index contributed by atoms with van der Waals surface area (Å²) in [7, 11) is -0.886. The molecule has 2 fully saturated rings. The molecule has 5 rings (SSSR count). The zero-order valence-corrected chi connectivity index (χ0v) is 32.2. The summed E-state index contributed by atoms with van der Waals surface area (Å²) in [5, 5.41) is 4.93. The Kier molecular flexibility index (Phi) is 18.0. The number of likely N-dealkylation sites (tertiary alicyclic amines) is 1. The molecule has 0 aliphatic carbocycles. The molecule has 0 radical (unpaired) electrons. The maximum Gasteiger partial charge on any atom is 0.246 e. The SMILES string of the molecule is C=C.C=S(C)(=O)N(C)C(C(=O)N1CCCC[C@H]1c1cc2nc(N3CC[C@H](CC)C3)c(C)cn2n1)c1ccccc1C.CC.CC.CC. The van der Waals surface area contributed by atoms with Crippen LogP contribution in [0.4, 0.5) is 5.82 Å². The smallest absolute Gasteiger partial charge is 0.246 e. The van der Waals surface area contributed by atoms with E-state index in [1.165, 1.54) is 12.8 Å². The number of fused-ring (bicyclic) bond motifs is 1. The first-order valence-electron chi connectivity index (χ1n) is 17.6. The third kappa shape index (κ3) is 10.2. The Balaban J connectivity index is 0.00000128. The average Bonchev–Trinajstić information content (AvgIpc) is 3.75. The second-order valence-corrected chi connectivity index (χ2v) is 13.9. The molecule has 4 atom stereocenters. The maximum atomic E-state index is 14.4. The van der Waals surface area contributed by atoms with Gasteiger partial charge in [0.05, 0.1) is 11.7 Å². The van der Waals surface area contributed by atoms with E-state index in [0.717, 1.165) is 72.1 Å². The normalized spacial score (nSPS) is 19.1. The molecule has 1 amide bonds. The van der Waals surface area contributed by atoms with Gasteiger partial charge in [-0.3, -0.25) is 9.00 Å². The van der Waals surface area contributed by atoms with Gasteiger partial charge in [-0.25, -0.2) is 13.8 Å². The fourth-order valence-corrected chi connectivity index (χ4v) is 6.77. The van der Waals surface area contributed by atoms with Crippen molar-refractivity contribution in [3.05, 3.63) is 72.1 Å². The Morgan fingerprint density at radius 2 is 1.66 bits per heavy atom. The van der Waals surface area contributed by atoms with Crippen LogP contribution in [0.5, 0.6) is 0 Å². The topological polar surface area (TPSA) is 74.1 Å². The van der Waals surface area contributed by atoms with Crippen LogP contribution in [0.1, 0.15) is 115 Å². The van der Waals surface area contributed by atoms with Gasteiger partial charge in [-0.15, -0.1) is 13.2 Å². The van der Waals surface area contributed by atoms with E-state index in [0.29, 0.717) is 6.54 Å². The molecule has 0 saturated carbocycles. The quantitative estimate of drug-likeness (QED) is 0.187. The Hall–Kier alpha value is -3.17. The lowest BCUT2D eigenvalue weighted by molar-refractivity contribution is -0.139. The summed E-state index contributed by atoms with van der Waals surface area (Å²) in [4.78, 5) is 23.7. The summed E-state index contributed by atoms with van der Waals surface area (Å²) in [5.41, 5.74) is 4.64. The predicted molar refractivity (Wildman–Crippen MR) is 205 cm³/mol. The van der Waals surface area contributed by atoms with Gasteiger partial charge in [-0.2, -0.15) is 5.10 Å². The lowest BCUT2D eigenvalue weighted by Gasteiger charge is -2.39. The number of benzene rings is 1. The number of carbonyl (C=O) groups excluding carboxylic acids is 1. The van der Waals surface area contributed by atoms with E-state index < -0.39 is 15.7 Å². The van der Waals surface area contributed by atoms with Gasteiger partial charge in [0.25, 0.3) is 0 Å². The highest BCUT2D eigenvalue weighted by molar-refractivity contribution is 7.97. The van der Waals surface area contributed by atoms with Crippen LogP contribution in [0.3, 0.4) is 0 Å². The average molecular weight is 669 g/mol. The number of aromatic nitrogens is 3. The van der Waals surface area contributed by atoms with E-state index in [2.05, 4.69) is 44.0 Å². The highest BCUT2D eigenvalue weighted by Gasteiger charge is 2.38. The van der Waals surface area contributed by atoms with E-state index in [-0.39, 0.29) is 11.9 Å². The number of hydrogen-bond donors (Lipinski definition) is 0. The fourth-order valence-electron chi connectivity index (χ4n) is 6.12. The van der Waals surface area contributed by atoms with Crippen molar-refractivity contribution < 1.29 is 9.00 Å². The first-order chi connectivity index (χ1) is 22.6. The van der Waals surface area contributed by atoms with Gasteiger partial charge in [0.1, 0.15) is 11.9 Å². The first-order valence-corrected chi connectivity index (χ1v) is 19.7. The molecule has 2 aromatic heterocycles. The number of anilines is 1. The number of likely N-dealkylation sites (N-methyl/N-ethyl adjacent to an activating group) is 1. The molecular formula is C38H64N6O2S. The number of nitrogens with zero attached hydrogens (tertiary/aromatic N) is 6. The fraction of sp³-hybridized carbons (Fsp3) is 0.579. The number of rotatable bonds is 7. The number of hydrogen-bond acceptors (Lipinski definition) is 5. The van der Waals surface area contributed by atoms with Gasteiger partial charge in [-0.05, 0) is 62.4 Å². The number of piperidine rings is 1. The molecule has 2 aliphatic heterocycles. The van der Waals surface area contributed by atoms with Crippen LogP contribution in [-0.2, 0) is 14.5 Å². The monoisotopic (exact) mass is 668 g/mol. The molecule has 47 heavy (non-hydrogen) atoms. The van der Waals surface area contributed by atoms with Crippen molar-refractivity contribution in [1.82, 2.24) is 23.8 Å². The summed E-state index contributed by atoms with van der Waals surface area (Å²) in [6.07, 6.45) is 8.85. The van der Waals surface area contributed by atoms with Gasteiger partial charge < -0.3 is 9.80 Å². The lowest BCUT2D eigenvalue weighted by atomic mass is 9.95. The first kappa shape index (κ1) is 41.9. The van der Waals surface area contributed by atoms with Crippen molar-refractivity contribution in [2.75, 3.05) is 37.8 Å². The van der Waals surface area contributed by atoms with E-state index in [1.54, 1.807) is 17.6 Å². The van der Waals surface area contributed by atoms with E-state index >= 15 is 0 Å². The molecule has 2 unspecified atom stereocenters. The molecule has 9 heteroatoms. The van der Waals surface area contributed by atoms with Gasteiger partial charge in [0.15, 0.2) is 5.65 Å². The number of amides is 1. The standard InChI is InChI=1S/C30H42N6O2S.3C2H6.C2H4/c1-7-23-15-17-34(20-23)29-22(3)19-36-27(31-29)18-25(32-36)26-14-10-11-16-35(26)30(37)28(33(4)39(5,6)38)24-13-9-8-12-21(24)2;4*1-2/h8-9,12-13,18-19,23,26,28H,5,7,10-11,14-17,20H2,1-4,6H3;3*1-2H3;1-2H2/t23-,26-,28?,39?;;;;/m0..../s1. The minimum atomic E-state index is -2.63. The minimum Gasteiger partial charge on any atom is -0.356 e. The molecule has 3 aromatic rings.